The number of amides is 1. The molecule has 0 aliphatic carbocycles. The number of hydrogen-bond donors (Lipinski definition) is 1. The Morgan fingerprint density at radius 2 is 2.28 bits per heavy atom. The Balaban J connectivity index is 2.39. The van der Waals surface area contributed by atoms with Crippen molar-refractivity contribution in [3.63, 3.8) is 0 Å². The van der Waals surface area contributed by atoms with Gasteiger partial charge in [0.25, 0.3) is 0 Å². The van der Waals surface area contributed by atoms with Crippen molar-refractivity contribution in [1.29, 1.82) is 0 Å². The lowest BCUT2D eigenvalue weighted by Crippen LogP contribution is -2.26. The Labute approximate surface area is 110 Å². The van der Waals surface area contributed by atoms with E-state index in [0.29, 0.717) is 13.0 Å². The van der Waals surface area contributed by atoms with Crippen LogP contribution in [0.2, 0.25) is 0 Å². The summed E-state index contributed by atoms with van der Waals surface area (Å²) in [5, 5.41) is 11.3. The van der Waals surface area contributed by atoms with Crippen LogP contribution in [0.25, 0.3) is 6.08 Å². The first-order valence-corrected chi connectivity index (χ1v) is 6.44. The van der Waals surface area contributed by atoms with Crippen LogP contribution >= 0.6 is 11.3 Å². The summed E-state index contributed by atoms with van der Waals surface area (Å²) in [7, 11) is 1.65. The summed E-state index contributed by atoms with van der Waals surface area (Å²) in [5.41, 5.74) is 0.768. The fraction of sp³-hybridized carbons (Fsp3) is 0.417. The molecule has 0 saturated heterocycles. The van der Waals surface area contributed by atoms with Crippen LogP contribution in [0.5, 0.6) is 0 Å². The molecule has 0 radical (unpaired) electrons. The number of rotatable bonds is 6. The Morgan fingerprint density at radius 3 is 2.83 bits per heavy atom. The van der Waals surface area contributed by atoms with E-state index in [2.05, 4.69) is 4.98 Å². The molecule has 0 fully saturated rings. The highest BCUT2D eigenvalue weighted by molar-refractivity contribution is 7.09. The number of aliphatic carboxylic acids is 1. The summed E-state index contributed by atoms with van der Waals surface area (Å²) in [6.07, 6.45) is 3.66. The van der Waals surface area contributed by atoms with Gasteiger partial charge in [0, 0.05) is 31.5 Å². The van der Waals surface area contributed by atoms with E-state index in [1.54, 1.807) is 13.1 Å². The minimum atomic E-state index is -0.843. The molecule has 0 atom stereocenters. The Bertz CT molecular complexity index is 454. The number of carbonyl (C=O) groups excluding carboxylic acids is 1. The van der Waals surface area contributed by atoms with Gasteiger partial charge in [-0.1, -0.05) is 0 Å². The van der Waals surface area contributed by atoms with Crippen molar-refractivity contribution in [2.75, 3.05) is 13.6 Å². The topological polar surface area (TPSA) is 70.5 Å². The number of carbonyl (C=O) groups is 2. The third kappa shape index (κ3) is 5.09. The lowest BCUT2D eigenvalue weighted by Gasteiger charge is -2.13. The molecule has 0 aliphatic rings. The Morgan fingerprint density at radius 1 is 1.56 bits per heavy atom. The molecule has 1 N–H and O–H groups in total. The SMILES string of the molecule is Cc1nc(/C=C/C(=O)N(C)CCCC(=O)O)cs1. The highest BCUT2D eigenvalue weighted by atomic mass is 32.1. The summed E-state index contributed by atoms with van der Waals surface area (Å²) in [5.74, 6) is -0.990. The van der Waals surface area contributed by atoms with Crippen molar-refractivity contribution in [2.45, 2.75) is 19.8 Å². The van der Waals surface area contributed by atoms with Gasteiger partial charge in [-0.25, -0.2) is 4.98 Å². The smallest absolute Gasteiger partial charge is 0.303 e. The van der Waals surface area contributed by atoms with Gasteiger partial charge in [0.2, 0.25) is 5.91 Å². The molecule has 1 aromatic heterocycles. The van der Waals surface area contributed by atoms with E-state index in [-0.39, 0.29) is 12.3 Å². The lowest BCUT2D eigenvalue weighted by molar-refractivity contribution is -0.137. The first kappa shape index (κ1) is 14.4. The van der Waals surface area contributed by atoms with Gasteiger partial charge in [0.15, 0.2) is 0 Å². The summed E-state index contributed by atoms with van der Waals surface area (Å²) in [6, 6.07) is 0. The molecule has 1 heterocycles. The van der Waals surface area contributed by atoms with Crippen molar-refractivity contribution < 1.29 is 14.7 Å². The molecule has 98 valence electrons. The van der Waals surface area contributed by atoms with Crippen LogP contribution in [0.1, 0.15) is 23.5 Å². The van der Waals surface area contributed by atoms with Gasteiger partial charge in [-0.3, -0.25) is 9.59 Å². The Hall–Kier alpha value is -1.69. The van der Waals surface area contributed by atoms with Crippen LogP contribution in [0, 0.1) is 6.92 Å². The van der Waals surface area contributed by atoms with Gasteiger partial charge in [-0.2, -0.15) is 0 Å². The second-order valence-corrected chi connectivity index (χ2v) is 4.94. The fourth-order valence-electron chi connectivity index (χ4n) is 1.32. The number of carboxylic acid groups (broad SMARTS) is 1. The Kier molecular flexibility index (Phi) is 5.51. The van der Waals surface area contributed by atoms with E-state index in [0.717, 1.165) is 10.7 Å². The van der Waals surface area contributed by atoms with Gasteiger partial charge in [-0.05, 0) is 19.4 Å². The monoisotopic (exact) mass is 268 g/mol. The van der Waals surface area contributed by atoms with Crippen molar-refractivity contribution >= 4 is 29.3 Å². The number of likely N-dealkylation sites (N-methyl/N-ethyl adjacent to an activating group) is 1. The van der Waals surface area contributed by atoms with E-state index in [9.17, 15) is 9.59 Å². The second kappa shape index (κ2) is 6.90. The average molecular weight is 268 g/mol. The van der Waals surface area contributed by atoms with E-state index >= 15 is 0 Å². The predicted molar refractivity (Wildman–Crippen MR) is 70.4 cm³/mol. The zero-order chi connectivity index (χ0) is 13.5. The average Bonchev–Trinajstić information content (AvgIpc) is 2.71. The molecule has 1 aromatic rings. The van der Waals surface area contributed by atoms with Crippen LogP contribution in [0.4, 0.5) is 0 Å². The molecular weight excluding hydrogens is 252 g/mol. The van der Waals surface area contributed by atoms with Gasteiger partial charge in [-0.15, -0.1) is 11.3 Å². The number of hydrogen-bond acceptors (Lipinski definition) is 4. The van der Waals surface area contributed by atoms with Crippen LogP contribution in [0.3, 0.4) is 0 Å². The highest BCUT2D eigenvalue weighted by Gasteiger charge is 2.06. The molecular formula is C12H16N2O3S. The van der Waals surface area contributed by atoms with Gasteiger partial charge >= 0.3 is 5.97 Å². The number of nitrogens with zero attached hydrogens (tertiary/aromatic N) is 2. The van der Waals surface area contributed by atoms with Crippen molar-refractivity contribution in [2.24, 2.45) is 0 Å². The quantitative estimate of drug-likeness (QED) is 0.798. The maximum absolute atomic E-state index is 11.7. The molecule has 0 saturated carbocycles. The van der Waals surface area contributed by atoms with Crippen LogP contribution in [-0.2, 0) is 9.59 Å². The zero-order valence-electron chi connectivity index (χ0n) is 10.4. The third-order valence-electron chi connectivity index (χ3n) is 2.29. The normalized spacial score (nSPS) is 10.8. The van der Waals surface area contributed by atoms with E-state index in [1.165, 1.54) is 22.3 Å². The van der Waals surface area contributed by atoms with Crippen LogP contribution in [0.15, 0.2) is 11.5 Å². The number of aromatic nitrogens is 1. The minimum absolute atomic E-state index is 0.0760. The predicted octanol–water partition coefficient (Wildman–Crippen LogP) is 1.79. The molecule has 1 amide bonds. The third-order valence-corrected chi connectivity index (χ3v) is 3.09. The summed E-state index contributed by atoms with van der Waals surface area (Å²) >= 11 is 1.53. The molecule has 18 heavy (non-hydrogen) atoms. The van der Waals surface area contributed by atoms with Crippen molar-refractivity contribution in [3.8, 4) is 0 Å². The van der Waals surface area contributed by atoms with E-state index < -0.39 is 5.97 Å². The van der Waals surface area contributed by atoms with E-state index in [4.69, 9.17) is 5.11 Å². The van der Waals surface area contributed by atoms with Gasteiger partial charge in [0.05, 0.1) is 10.7 Å². The number of thiazole rings is 1. The largest absolute Gasteiger partial charge is 0.481 e. The zero-order valence-corrected chi connectivity index (χ0v) is 11.2. The maximum Gasteiger partial charge on any atom is 0.303 e. The van der Waals surface area contributed by atoms with Crippen molar-refractivity contribution in [1.82, 2.24) is 9.88 Å². The molecule has 0 unspecified atom stereocenters. The lowest BCUT2D eigenvalue weighted by atomic mass is 10.3. The molecule has 5 nitrogen and oxygen atoms in total. The first-order valence-electron chi connectivity index (χ1n) is 5.56. The molecule has 6 heteroatoms. The van der Waals surface area contributed by atoms with Crippen LogP contribution < -0.4 is 0 Å². The summed E-state index contributed by atoms with van der Waals surface area (Å²) in [4.78, 5) is 27.7. The summed E-state index contributed by atoms with van der Waals surface area (Å²) in [6.45, 7) is 2.34. The highest BCUT2D eigenvalue weighted by Crippen LogP contribution is 2.09. The van der Waals surface area contributed by atoms with Crippen molar-refractivity contribution in [3.05, 3.63) is 22.2 Å². The van der Waals surface area contributed by atoms with Gasteiger partial charge < -0.3 is 10.0 Å². The molecule has 0 aliphatic heterocycles. The molecule has 0 spiro atoms. The van der Waals surface area contributed by atoms with Gasteiger partial charge in [0.1, 0.15) is 0 Å². The molecule has 0 bridgehead atoms. The molecule has 0 aromatic carbocycles. The molecule has 1 rings (SSSR count). The standard InChI is InChI=1S/C12H16N2O3S/c1-9-13-10(8-18-9)5-6-11(15)14(2)7-3-4-12(16)17/h5-6,8H,3-4,7H2,1-2H3,(H,16,17)/b6-5+. The first-order chi connectivity index (χ1) is 8.49. The fourth-order valence-corrected chi connectivity index (χ4v) is 1.90. The summed E-state index contributed by atoms with van der Waals surface area (Å²) < 4.78 is 0. The number of carboxylic acids is 1. The second-order valence-electron chi connectivity index (χ2n) is 3.88. The maximum atomic E-state index is 11.7. The number of aryl methyl sites for hydroxylation is 1. The van der Waals surface area contributed by atoms with Crippen LogP contribution in [-0.4, -0.2) is 40.5 Å². The minimum Gasteiger partial charge on any atom is -0.481 e. The van der Waals surface area contributed by atoms with E-state index in [1.807, 2.05) is 12.3 Å².